The number of nitrogens with one attached hydrogen (secondary N) is 3. The Morgan fingerprint density at radius 3 is 2.41 bits per heavy atom. The minimum absolute atomic E-state index is 0.193. The lowest BCUT2D eigenvalue weighted by Gasteiger charge is -2.23. The van der Waals surface area contributed by atoms with E-state index >= 15 is 0 Å². The van der Waals surface area contributed by atoms with Crippen molar-refractivity contribution in [3.63, 3.8) is 0 Å². The highest BCUT2D eigenvalue weighted by Gasteiger charge is 2.17. The van der Waals surface area contributed by atoms with Crippen LogP contribution in [0.4, 0.5) is 0 Å². The molecule has 1 aliphatic heterocycles. The predicted molar refractivity (Wildman–Crippen MR) is 113 cm³/mol. The van der Waals surface area contributed by atoms with E-state index in [0.717, 1.165) is 38.4 Å². The maximum absolute atomic E-state index is 12.8. The first-order chi connectivity index (χ1) is 14.1. The van der Waals surface area contributed by atoms with Crippen LogP contribution in [0.25, 0.3) is 6.08 Å². The Kier molecular flexibility index (Phi) is 7.81. The van der Waals surface area contributed by atoms with Crippen LogP contribution in [-0.4, -0.2) is 51.2 Å². The molecule has 1 heterocycles. The first-order valence-electron chi connectivity index (χ1n) is 9.65. The van der Waals surface area contributed by atoms with Gasteiger partial charge in [0.15, 0.2) is 0 Å². The molecule has 6 nitrogen and oxygen atoms in total. The molecular weight excluding hydrogens is 390 g/mol. The van der Waals surface area contributed by atoms with E-state index in [1.165, 1.54) is 4.90 Å². The number of carbonyl (C=O) groups excluding carboxylic acids is 2. The number of carbonyl (C=O) groups is 2. The lowest BCUT2D eigenvalue weighted by Crippen LogP contribution is -3.14. The molecule has 1 fully saturated rings. The molecule has 152 valence electrons. The van der Waals surface area contributed by atoms with E-state index in [4.69, 9.17) is 16.3 Å². The molecule has 2 amide bonds. The highest BCUT2D eigenvalue weighted by molar-refractivity contribution is 6.30. The van der Waals surface area contributed by atoms with Gasteiger partial charge in [0.1, 0.15) is 18.8 Å². The second-order valence-corrected chi connectivity index (χ2v) is 7.23. The smallest absolute Gasteiger partial charge is 0.268 e. The van der Waals surface area contributed by atoms with Gasteiger partial charge in [0.05, 0.1) is 26.3 Å². The summed E-state index contributed by atoms with van der Waals surface area (Å²) in [6, 6.07) is 15.9. The van der Waals surface area contributed by atoms with E-state index in [-0.39, 0.29) is 17.5 Å². The molecule has 3 rings (SSSR count). The van der Waals surface area contributed by atoms with Gasteiger partial charge in [-0.15, -0.1) is 0 Å². The third kappa shape index (κ3) is 6.71. The summed E-state index contributed by atoms with van der Waals surface area (Å²) in [5, 5.41) is 6.25. The second-order valence-electron chi connectivity index (χ2n) is 6.80. The quantitative estimate of drug-likeness (QED) is 0.595. The van der Waals surface area contributed by atoms with Crippen LogP contribution < -0.4 is 15.5 Å². The number of amides is 2. The van der Waals surface area contributed by atoms with Crippen molar-refractivity contribution in [3.05, 3.63) is 76.4 Å². The van der Waals surface area contributed by atoms with Crippen molar-refractivity contribution < 1.29 is 19.2 Å². The third-order valence-corrected chi connectivity index (χ3v) is 4.93. The molecule has 0 radical (unpaired) electrons. The Morgan fingerprint density at radius 2 is 1.72 bits per heavy atom. The Balaban J connectivity index is 1.68. The summed E-state index contributed by atoms with van der Waals surface area (Å²) in [5.41, 5.74) is 1.45. The van der Waals surface area contributed by atoms with Crippen molar-refractivity contribution in [2.75, 3.05) is 39.4 Å². The van der Waals surface area contributed by atoms with Gasteiger partial charge in [0, 0.05) is 10.6 Å². The highest BCUT2D eigenvalue weighted by atomic mass is 35.5. The lowest BCUT2D eigenvalue weighted by molar-refractivity contribution is -0.906. The van der Waals surface area contributed by atoms with Gasteiger partial charge in [0.25, 0.3) is 11.8 Å². The molecule has 29 heavy (non-hydrogen) atoms. The van der Waals surface area contributed by atoms with Crippen molar-refractivity contribution in [1.82, 2.24) is 10.6 Å². The van der Waals surface area contributed by atoms with E-state index in [2.05, 4.69) is 10.6 Å². The van der Waals surface area contributed by atoms with Crippen LogP contribution in [-0.2, 0) is 9.53 Å². The lowest BCUT2D eigenvalue weighted by atomic mass is 10.1. The largest absolute Gasteiger partial charge is 0.370 e. The Hall–Kier alpha value is -2.67. The van der Waals surface area contributed by atoms with E-state index in [1.54, 1.807) is 54.6 Å². The second kappa shape index (κ2) is 10.8. The fourth-order valence-corrected chi connectivity index (χ4v) is 3.15. The molecule has 0 aliphatic carbocycles. The molecule has 1 aliphatic rings. The van der Waals surface area contributed by atoms with E-state index < -0.39 is 0 Å². The first-order valence-corrected chi connectivity index (χ1v) is 10.0. The summed E-state index contributed by atoms with van der Waals surface area (Å²) >= 11 is 5.94. The standard InChI is InChI=1S/C22H24ClN3O3/c23-19-8-6-17(7-9-19)16-20(25-21(27)18-4-2-1-3-5-18)22(28)24-10-11-26-12-14-29-15-13-26/h1-9,16H,10-15H2,(H,24,28)(H,25,27)/p+1/b20-16-. The van der Waals surface area contributed by atoms with Crippen LogP contribution in [0.5, 0.6) is 0 Å². The summed E-state index contributed by atoms with van der Waals surface area (Å²) < 4.78 is 5.35. The van der Waals surface area contributed by atoms with Gasteiger partial charge in [-0.1, -0.05) is 41.9 Å². The number of hydrogen-bond acceptors (Lipinski definition) is 3. The SMILES string of the molecule is O=C(NCC[NH+]1CCOCC1)/C(=C/c1ccc(Cl)cc1)NC(=O)c1ccccc1. The zero-order valence-corrected chi connectivity index (χ0v) is 16.9. The van der Waals surface area contributed by atoms with Gasteiger partial charge in [-0.25, -0.2) is 0 Å². The third-order valence-electron chi connectivity index (χ3n) is 4.67. The summed E-state index contributed by atoms with van der Waals surface area (Å²) in [6.45, 7) is 4.71. The molecule has 3 N–H and O–H groups in total. The molecule has 0 atom stereocenters. The van der Waals surface area contributed by atoms with Gasteiger partial charge in [-0.3, -0.25) is 9.59 Å². The van der Waals surface area contributed by atoms with Crippen molar-refractivity contribution in [2.45, 2.75) is 0 Å². The minimum atomic E-state index is -0.334. The molecule has 0 bridgehead atoms. The van der Waals surface area contributed by atoms with Crippen LogP contribution in [0.2, 0.25) is 5.02 Å². The molecule has 2 aromatic carbocycles. The number of morpholine rings is 1. The van der Waals surface area contributed by atoms with Crippen LogP contribution >= 0.6 is 11.6 Å². The van der Waals surface area contributed by atoms with Gasteiger partial charge < -0.3 is 20.3 Å². The predicted octanol–water partition coefficient (Wildman–Crippen LogP) is 1.14. The summed E-state index contributed by atoms with van der Waals surface area (Å²) in [4.78, 5) is 26.7. The maximum Gasteiger partial charge on any atom is 0.268 e. The van der Waals surface area contributed by atoms with E-state index in [0.29, 0.717) is 17.1 Å². The number of halogens is 1. The highest BCUT2D eigenvalue weighted by Crippen LogP contribution is 2.12. The van der Waals surface area contributed by atoms with Crippen LogP contribution in [0, 0.1) is 0 Å². The van der Waals surface area contributed by atoms with Gasteiger partial charge >= 0.3 is 0 Å². The molecular formula is C22H25ClN3O3+. The molecule has 7 heteroatoms. The number of rotatable bonds is 7. The molecule has 1 saturated heterocycles. The first kappa shape index (κ1) is 21.0. The van der Waals surface area contributed by atoms with E-state index in [1.807, 2.05) is 6.07 Å². The Bertz CT molecular complexity index is 847. The average molecular weight is 415 g/mol. The molecule has 0 unspecified atom stereocenters. The van der Waals surface area contributed by atoms with Crippen LogP contribution in [0.1, 0.15) is 15.9 Å². The fourth-order valence-electron chi connectivity index (χ4n) is 3.03. The van der Waals surface area contributed by atoms with Gasteiger partial charge in [-0.05, 0) is 35.9 Å². The fraction of sp³-hybridized carbons (Fsp3) is 0.273. The zero-order valence-electron chi connectivity index (χ0n) is 16.1. The Morgan fingerprint density at radius 1 is 1.03 bits per heavy atom. The van der Waals surface area contributed by atoms with Crippen LogP contribution in [0.15, 0.2) is 60.3 Å². The number of quaternary nitrogens is 1. The number of hydrogen-bond donors (Lipinski definition) is 3. The number of benzene rings is 2. The molecule has 0 saturated carbocycles. The summed E-state index contributed by atoms with van der Waals surface area (Å²) in [5.74, 6) is -0.656. The van der Waals surface area contributed by atoms with E-state index in [9.17, 15) is 9.59 Å². The van der Waals surface area contributed by atoms with Crippen molar-refractivity contribution in [3.8, 4) is 0 Å². The molecule has 2 aromatic rings. The van der Waals surface area contributed by atoms with Crippen LogP contribution in [0.3, 0.4) is 0 Å². The topological polar surface area (TPSA) is 71.9 Å². The Labute approximate surface area is 175 Å². The molecule has 0 spiro atoms. The maximum atomic E-state index is 12.8. The van der Waals surface area contributed by atoms with Crippen molar-refractivity contribution in [2.24, 2.45) is 0 Å². The van der Waals surface area contributed by atoms with Gasteiger partial charge in [-0.2, -0.15) is 0 Å². The molecule has 0 aromatic heterocycles. The minimum Gasteiger partial charge on any atom is -0.370 e. The van der Waals surface area contributed by atoms with Gasteiger partial charge in [0.2, 0.25) is 0 Å². The average Bonchev–Trinajstić information content (AvgIpc) is 2.76. The summed E-state index contributed by atoms with van der Waals surface area (Å²) in [7, 11) is 0. The monoisotopic (exact) mass is 414 g/mol. The summed E-state index contributed by atoms with van der Waals surface area (Å²) in [6.07, 6.45) is 1.65. The van der Waals surface area contributed by atoms with Crippen molar-refractivity contribution in [1.29, 1.82) is 0 Å². The number of ether oxygens (including phenoxy) is 1. The zero-order chi connectivity index (χ0) is 20.5. The van der Waals surface area contributed by atoms with Crippen molar-refractivity contribution >= 4 is 29.5 Å². The normalized spacial score (nSPS) is 15.0.